The Kier molecular flexibility index (Phi) is 8.12. The van der Waals surface area contributed by atoms with Crippen molar-refractivity contribution in [3.05, 3.63) is 141 Å². The van der Waals surface area contributed by atoms with E-state index in [0.29, 0.717) is 0 Å². The van der Waals surface area contributed by atoms with Gasteiger partial charge in [0.05, 0.1) is 16.7 Å². The second-order valence-corrected chi connectivity index (χ2v) is 9.64. The van der Waals surface area contributed by atoms with E-state index in [1.165, 1.54) is 25.3 Å². The van der Waals surface area contributed by atoms with Crippen molar-refractivity contribution in [1.82, 2.24) is 9.55 Å². The summed E-state index contributed by atoms with van der Waals surface area (Å²) in [5.74, 6) is -2.22. The largest absolute Gasteiger partial charge is 0.459 e. The fraction of sp³-hybridized carbons (Fsp3) is 0.194. The van der Waals surface area contributed by atoms with E-state index in [-0.39, 0.29) is 16.7 Å². The molecule has 1 aliphatic rings. The van der Waals surface area contributed by atoms with Gasteiger partial charge in [0.1, 0.15) is 12.7 Å². The molecule has 0 radical (unpaired) electrons. The number of esters is 3. The molecule has 5 rings (SSSR count). The Morgan fingerprint density at radius 3 is 1.86 bits per heavy atom. The van der Waals surface area contributed by atoms with Crippen molar-refractivity contribution in [3.63, 3.8) is 0 Å². The molecule has 4 unspecified atom stereocenters. The number of carbonyl (C=O) groups excluding carboxylic acids is 3. The summed E-state index contributed by atoms with van der Waals surface area (Å²) in [5.41, 5.74) is -2.68. The van der Waals surface area contributed by atoms with Crippen LogP contribution in [-0.4, -0.2) is 51.9 Å². The third kappa shape index (κ3) is 5.91. The lowest BCUT2D eigenvalue weighted by Crippen LogP contribution is -2.52. The second-order valence-electron chi connectivity index (χ2n) is 9.64. The molecular formula is C31H26N2O9. The molecule has 0 spiro atoms. The Balaban J connectivity index is 1.54. The third-order valence-electron chi connectivity index (χ3n) is 6.75. The Hall–Kier alpha value is -5.29. The predicted octanol–water partition coefficient (Wildman–Crippen LogP) is 3.13. The fourth-order valence-electron chi connectivity index (χ4n) is 4.67. The van der Waals surface area contributed by atoms with Crippen LogP contribution in [0.4, 0.5) is 0 Å². The van der Waals surface area contributed by atoms with Crippen molar-refractivity contribution in [2.45, 2.75) is 31.0 Å². The molecule has 0 saturated carbocycles. The van der Waals surface area contributed by atoms with Crippen molar-refractivity contribution in [2.75, 3.05) is 6.61 Å². The van der Waals surface area contributed by atoms with Crippen LogP contribution >= 0.6 is 0 Å². The summed E-state index contributed by atoms with van der Waals surface area (Å²) < 4.78 is 24.6. The van der Waals surface area contributed by atoms with Gasteiger partial charge in [-0.05, 0) is 43.3 Å². The van der Waals surface area contributed by atoms with Gasteiger partial charge in [0, 0.05) is 12.3 Å². The quantitative estimate of drug-likeness (QED) is 0.250. The molecule has 11 heteroatoms. The second kappa shape index (κ2) is 12.1. The maximum Gasteiger partial charge on any atom is 0.338 e. The van der Waals surface area contributed by atoms with Crippen LogP contribution in [0.15, 0.2) is 113 Å². The van der Waals surface area contributed by atoms with E-state index in [0.717, 1.165) is 10.6 Å². The monoisotopic (exact) mass is 570 g/mol. The minimum absolute atomic E-state index is 0.193. The Labute approximate surface area is 239 Å². The number of H-pyrrole nitrogens is 1. The number of carbonyl (C=O) groups is 3. The summed E-state index contributed by atoms with van der Waals surface area (Å²) in [7, 11) is 0. The van der Waals surface area contributed by atoms with E-state index >= 15 is 0 Å². The SMILES string of the molecule is CC1(OC(=O)c2ccccc2)C(OC(=O)c2ccccc2)C(COC(=O)c2ccccc2)OC1n1ccc(=O)[nH]c1=O. The molecule has 11 nitrogen and oxygen atoms in total. The number of benzene rings is 3. The minimum atomic E-state index is -1.84. The number of nitrogens with one attached hydrogen (secondary N) is 1. The number of aromatic nitrogens is 2. The van der Waals surface area contributed by atoms with Gasteiger partial charge in [-0.15, -0.1) is 0 Å². The van der Waals surface area contributed by atoms with E-state index in [4.69, 9.17) is 18.9 Å². The van der Waals surface area contributed by atoms with Gasteiger partial charge in [-0.1, -0.05) is 54.6 Å². The molecular weight excluding hydrogens is 544 g/mol. The molecule has 4 atom stereocenters. The average molecular weight is 571 g/mol. The Morgan fingerprint density at radius 1 is 0.786 bits per heavy atom. The van der Waals surface area contributed by atoms with Crippen LogP contribution in [-0.2, 0) is 18.9 Å². The van der Waals surface area contributed by atoms with Gasteiger partial charge >= 0.3 is 23.6 Å². The molecule has 0 amide bonds. The number of nitrogens with zero attached hydrogens (tertiary/aromatic N) is 1. The van der Waals surface area contributed by atoms with Crippen molar-refractivity contribution in [1.29, 1.82) is 0 Å². The lowest BCUT2D eigenvalue weighted by Gasteiger charge is -2.34. The van der Waals surface area contributed by atoms with Crippen molar-refractivity contribution < 1.29 is 33.3 Å². The maximum absolute atomic E-state index is 13.3. The number of rotatable bonds is 8. The van der Waals surface area contributed by atoms with E-state index in [1.54, 1.807) is 78.9 Å². The summed E-state index contributed by atoms with van der Waals surface area (Å²) in [4.78, 5) is 66.2. The van der Waals surface area contributed by atoms with Gasteiger partial charge in [0.2, 0.25) is 0 Å². The normalized spacial score (nSPS) is 21.3. The molecule has 4 aromatic rings. The molecule has 2 heterocycles. The Bertz CT molecular complexity index is 1690. The zero-order chi connectivity index (χ0) is 29.7. The van der Waals surface area contributed by atoms with Gasteiger partial charge < -0.3 is 18.9 Å². The molecule has 1 aromatic heterocycles. The smallest absolute Gasteiger partial charge is 0.338 e. The molecule has 214 valence electrons. The summed E-state index contributed by atoms with van der Waals surface area (Å²) in [6, 6.07) is 25.5. The van der Waals surface area contributed by atoms with Gasteiger partial charge in [-0.2, -0.15) is 0 Å². The molecule has 1 fully saturated rings. The predicted molar refractivity (Wildman–Crippen MR) is 148 cm³/mol. The first-order valence-corrected chi connectivity index (χ1v) is 13.0. The summed E-state index contributed by atoms with van der Waals surface area (Å²) in [5, 5.41) is 0. The van der Waals surface area contributed by atoms with Crippen LogP contribution in [0.3, 0.4) is 0 Å². The van der Waals surface area contributed by atoms with Crippen molar-refractivity contribution in [3.8, 4) is 0 Å². The first kappa shape index (κ1) is 28.2. The molecule has 1 aliphatic heterocycles. The average Bonchev–Trinajstić information content (AvgIpc) is 3.27. The van der Waals surface area contributed by atoms with Crippen LogP contribution in [0, 0.1) is 0 Å². The molecule has 1 N–H and O–H groups in total. The summed E-state index contributed by atoms with van der Waals surface area (Å²) in [6.07, 6.45) is -2.79. The molecule has 42 heavy (non-hydrogen) atoms. The van der Waals surface area contributed by atoms with E-state index < -0.39 is 59.8 Å². The number of aromatic amines is 1. The number of hydrogen-bond donors (Lipinski definition) is 1. The van der Waals surface area contributed by atoms with Gasteiger partial charge in [-0.25, -0.2) is 19.2 Å². The van der Waals surface area contributed by atoms with Crippen LogP contribution in [0.2, 0.25) is 0 Å². The zero-order valence-corrected chi connectivity index (χ0v) is 22.4. The highest BCUT2D eigenvalue weighted by Gasteiger charge is 2.60. The molecule has 3 aromatic carbocycles. The van der Waals surface area contributed by atoms with Gasteiger partial charge in [-0.3, -0.25) is 14.3 Å². The molecule has 0 aliphatic carbocycles. The van der Waals surface area contributed by atoms with Crippen LogP contribution < -0.4 is 11.2 Å². The van der Waals surface area contributed by atoms with Gasteiger partial charge in [0.25, 0.3) is 5.56 Å². The first-order chi connectivity index (χ1) is 20.3. The number of hydrogen-bond acceptors (Lipinski definition) is 9. The number of ether oxygens (including phenoxy) is 4. The van der Waals surface area contributed by atoms with E-state index in [9.17, 15) is 24.0 Å². The van der Waals surface area contributed by atoms with Crippen LogP contribution in [0.1, 0.15) is 44.2 Å². The van der Waals surface area contributed by atoms with E-state index in [2.05, 4.69) is 4.98 Å². The lowest BCUT2D eigenvalue weighted by atomic mass is 9.95. The minimum Gasteiger partial charge on any atom is -0.459 e. The van der Waals surface area contributed by atoms with Gasteiger partial charge in [0.15, 0.2) is 17.9 Å². The lowest BCUT2D eigenvalue weighted by molar-refractivity contribution is -0.111. The maximum atomic E-state index is 13.3. The zero-order valence-electron chi connectivity index (χ0n) is 22.4. The van der Waals surface area contributed by atoms with Crippen molar-refractivity contribution in [2.24, 2.45) is 0 Å². The Morgan fingerprint density at radius 2 is 1.31 bits per heavy atom. The van der Waals surface area contributed by atoms with Crippen LogP contribution in [0.5, 0.6) is 0 Å². The standard InChI is InChI=1S/C31H26N2O9/c1-31(42-28(37)22-15-9-4-10-16-22)25(41-27(36)21-13-7-3-8-14-21)23(19-39-26(35)20-11-5-2-6-12-20)40-29(31)33-18-17-24(34)32-30(33)38/h2-18,23,25,29H,19H2,1H3,(H,32,34,38). The highest BCUT2D eigenvalue weighted by atomic mass is 16.7. The highest BCUT2D eigenvalue weighted by molar-refractivity contribution is 5.91. The fourth-order valence-corrected chi connectivity index (χ4v) is 4.67. The third-order valence-corrected chi connectivity index (χ3v) is 6.75. The highest BCUT2D eigenvalue weighted by Crippen LogP contribution is 2.43. The van der Waals surface area contributed by atoms with Crippen molar-refractivity contribution >= 4 is 17.9 Å². The van der Waals surface area contributed by atoms with Crippen LogP contribution in [0.25, 0.3) is 0 Å². The summed E-state index contributed by atoms with van der Waals surface area (Å²) >= 11 is 0. The summed E-state index contributed by atoms with van der Waals surface area (Å²) in [6.45, 7) is 1.02. The first-order valence-electron chi connectivity index (χ1n) is 13.0. The molecule has 1 saturated heterocycles. The van der Waals surface area contributed by atoms with E-state index in [1.807, 2.05) is 0 Å². The molecule has 0 bridgehead atoms. The topological polar surface area (TPSA) is 143 Å².